The van der Waals surface area contributed by atoms with Gasteiger partial charge in [-0.25, -0.2) is 0 Å². The number of hydrogen-bond donors (Lipinski definition) is 2. The molecule has 0 spiro atoms. The fourth-order valence-electron chi connectivity index (χ4n) is 2.45. The Labute approximate surface area is 142 Å². The lowest BCUT2D eigenvalue weighted by Crippen LogP contribution is -2.14. The summed E-state index contributed by atoms with van der Waals surface area (Å²) in [7, 11) is 0. The molecule has 0 bridgehead atoms. The largest absolute Gasteiger partial charge is 0.326 e. The maximum Gasteiger partial charge on any atom is 0.255 e. The lowest BCUT2D eigenvalue weighted by molar-refractivity contribution is -0.117. The van der Waals surface area contributed by atoms with E-state index < -0.39 is 0 Å². The van der Waals surface area contributed by atoms with Crippen LogP contribution in [0.15, 0.2) is 48.5 Å². The van der Waals surface area contributed by atoms with Gasteiger partial charge in [-0.1, -0.05) is 26.0 Å². The summed E-state index contributed by atoms with van der Waals surface area (Å²) in [4.78, 5) is 24.0. The third-order valence-electron chi connectivity index (χ3n) is 4.20. The van der Waals surface area contributed by atoms with E-state index in [2.05, 4.69) is 24.5 Å². The molecule has 124 valence electrons. The lowest BCUT2D eigenvalue weighted by atomic mass is 10.0. The van der Waals surface area contributed by atoms with Crippen LogP contribution in [0.3, 0.4) is 0 Å². The summed E-state index contributed by atoms with van der Waals surface area (Å²) in [6, 6.07) is 14.8. The highest BCUT2D eigenvalue weighted by Crippen LogP contribution is 2.30. The summed E-state index contributed by atoms with van der Waals surface area (Å²) in [5, 5.41) is 5.75. The molecule has 1 aliphatic carbocycles. The van der Waals surface area contributed by atoms with Gasteiger partial charge in [-0.3, -0.25) is 9.59 Å². The Balaban J connectivity index is 1.60. The van der Waals surface area contributed by atoms with Crippen molar-refractivity contribution >= 4 is 23.2 Å². The zero-order chi connectivity index (χ0) is 17.1. The Hall–Kier alpha value is -2.62. The third-order valence-corrected chi connectivity index (χ3v) is 4.20. The van der Waals surface area contributed by atoms with E-state index >= 15 is 0 Å². The van der Waals surface area contributed by atoms with Gasteiger partial charge in [0.25, 0.3) is 5.91 Å². The van der Waals surface area contributed by atoms with E-state index in [-0.39, 0.29) is 17.7 Å². The molecule has 4 heteroatoms. The first-order chi connectivity index (χ1) is 11.5. The first-order valence-electron chi connectivity index (χ1n) is 8.35. The lowest BCUT2D eigenvalue weighted by Gasteiger charge is -2.09. The second kappa shape index (κ2) is 6.87. The van der Waals surface area contributed by atoms with Gasteiger partial charge in [-0.15, -0.1) is 0 Å². The Morgan fingerprint density at radius 3 is 1.92 bits per heavy atom. The number of anilines is 2. The molecule has 2 N–H and O–H groups in total. The van der Waals surface area contributed by atoms with Crippen LogP contribution in [0.2, 0.25) is 0 Å². The van der Waals surface area contributed by atoms with Gasteiger partial charge in [0.2, 0.25) is 5.91 Å². The van der Waals surface area contributed by atoms with Crippen molar-refractivity contribution in [3.63, 3.8) is 0 Å². The van der Waals surface area contributed by atoms with E-state index in [0.717, 1.165) is 18.5 Å². The van der Waals surface area contributed by atoms with Crippen molar-refractivity contribution in [2.45, 2.75) is 32.6 Å². The highest BCUT2D eigenvalue weighted by Gasteiger charge is 2.29. The molecule has 2 aromatic rings. The molecule has 0 saturated heterocycles. The second-order valence-electron chi connectivity index (χ2n) is 6.57. The molecule has 0 aromatic heterocycles. The van der Waals surface area contributed by atoms with Crippen LogP contribution in [0.5, 0.6) is 0 Å². The predicted octanol–water partition coefficient (Wildman–Crippen LogP) is 4.41. The summed E-state index contributed by atoms with van der Waals surface area (Å²) in [6.45, 7) is 4.25. The molecule has 1 aliphatic rings. The molecule has 4 nitrogen and oxygen atoms in total. The summed E-state index contributed by atoms with van der Waals surface area (Å²) < 4.78 is 0. The second-order valence-corrected chi connectivity index (χ2v) is 6.57. The van der Waals surface area contributed by atoms with Crippen molar-refractivity contribution in [2.24, 2.45) is 5.92 Å². The molecule has 1 fully saturated rings. The minimum absolute atomic E-state index is 0.0806. The molecule has 3 rings (SSSR count). The smallest absolute Gasteiger partial charge is 0.255 e. The number of carbonyl (C=O) groups excluding carboxylic acids is 2. The first-order valence-corrected chi connectivity index (χ1v) is 8.35. The Bertz CT molecular complexity index is 729. The van der Waals surface area contributed by atoms with Crippen molar-refractivity contribution in [2.75, 3.05) is 10.6 Å². The fourth-order valence-corrected chi connectivity index (χ4v) is 2.45. The van der Waals surface area contributed by atoms with Crippen LogP contribution in [0.25, 0.3) is 0 Å². The number of hydrogen-bond acceptors (Lipinski definition) is 2. The van der Waals surface area contributed by atoms with Gasteiger partial charge in [-0.05, 0) is 60.7 Å². The SMILES string of the molecule is CC(C)c1ccc(C(=O)Nc2ccc(NC(=O)C3CC3)cc2)cc1. The van der Waals surface area contributed by atoms with E-state index in [1.165, 1.54) is 5.56 Å². The van der Waals surface area contributed by atoms with E-state index in [4.69, 9.17) is 0 Å². The summed E-state index contributed by atoms with van der Waals surface area (Å²) >= 11 is 0. The minimum Gasteiger partial charge on any atom is -0.326 e. The zero-order valence-corrected chi connectivity index (χ0v) is 14.0. The number of carbonyl (C=O) groups is 2. The van der Waals surface area contributed by atoms with Crippen LogP contribution < -0.4 is 10.6 Å². The minimum atomic E-state index is -0.139. The molecule has 0 aliphatic heterocycles. The van der Waals surface area contributed by atoms with Gasteiger partial charge in [-0.2, -0.15) is 0 Å². The first kappa shape index (κ1) is 16.2. The maximum atomic E-state index is 12.3. The van der Waals surface area contributed by atoms with Crippen molar-refractivity contribution in [3.05, 3.63) is 59.7 Å². The quantitative estimate of drug-likeness (QED) is 0.856. The number of benzene rings is 2. The van der Waals surface area contributed by atoms with Crippen LogP contribution in [0.1, 0.15) is 48.5 Å². The highest BCUT2D eigenvalue weighted by molar-refractivity contribution is 6.04. The number of amides is 2. The predicted molar refractivity (Wildman–Crippen MR) is 96.3 cm³/mol. The Morgan fingerprint density at radius 1 is 0.875 bits per heavy atom. The van der Waals surface area contributed by atoms with Gasteiger partial charge in [0.1, 0.15) is 0 Å². The molecule has 0 radical (unpaired) electrons. The molecule has 1 saturated carbocycles. The number of nitrogens with one attached hydrogen (secondary N) is 2. The Morgan fingerprint density at radius 2 is 1.42 bits per heavy atom. The third kappa shape index (κ3) is 4.02. The molecule has 0 heterocycles. The monoisotopic (exact) mass is 322 g/mol. The molecule has 0 unspecified atom stereocenters. The van der Waals surface area contributed by atoms with Gasteiger partial charge in [0, 0.05) is 22.9 Å². The van der Waals surface area contributed by atoms with Crippen LogP contribution in [0, 0.1) is 5.92 Å². The standard InChI is InChI=1S/C20H22N2O2/c1-13(2)14-3-5-15(6-4-14)19(23)21-17-9-11-18(12-10-17)22-20(24)16-7-8-16/h3-6,9-13,16H,7-8H2,1-2H3,(H,21,23)(H,22,24). The molecular formula is C20H22N2O2. The average molecular weight is 322 g/mol. The topological polar surface area (TPSA) is 58.2 Å². The molecule has 0 atom stereocenters. The summed E-state index contributed by atoms with van der Waals surface area (Å²) in [5.74, 6) is 0.566. The van der Waals surface area contributed by atoms with Gasteiger partial charge in [0.15, 0.2) is 0 Å². The van der Waals surface area contributed by atoms with Crippen molar-refractivity contribution in [1.82, 2.24) is 0 Å². The van der Waals surface area contributed by atoms with Crippen LogP contribution in [-0.2, 0) is 4.79 Å². The Kier molecular flexibility index (Phi) is 4.65. The molecular weight excluding hydrogens is 300 g/mol. The van der Waals surface area contributed by atoms with Crippen molar-refractivity contribution < 1.29 is 9.59 Å². The van der Waals surface area contributed by atoms with E-state index in [9.17, 15) is 9.59 Å². The van der Waals surface area contributed by atoms with Crippen LogP contribution >= 0.6 is 0 Å². The van der Waals surface area contributed by atoms with Gasteiger partial charge in [0.05, 0.1) is 0 Å². The summed E-state index contributed by atoms with van der Waals surface area (Å²) in [5.41, 5.74) is 3.30. The highest BCUT2D eigenvalue weighted by atomic mass is 16.2. The summed E-state index contributed by atoms with van der Waals surface area (Å²) in [6.07, 6.45) is 1.96. The normalized spacial score (nSPS) is 13.6. The fraction of sp³-hybridized carbons (Fsp3) is 0.300. The molecule has 2 amide bonds. The van der Waals surface area contributed by atoms with Crippen LogP contribution in [-0.4, -0.2) is 11.8 Å². The maximum absolute atomic E-state index is 12.3. The average Bonchev–Trinajstić information content (AvgIpc) is 3.41. The molecule has 2 aromatic carbocycles. The van der Waals surface area contributed by atoms with E-state index in [1.807, 2.05) is 24.3 Å². The van der Waals surface area contributed by atoms with Crippen LogP contribution in [0.4, 0.5) is 11.4 Å². The van der Waals surface area contributed by atoms with E-state index in [1.54, 1.807) is 24.3 Å². The molecule has 24 heavy (non-hydrogen) atoms. The van der Waals surface area contributed by atoms with E-state index in [0.29, 0.717) is 17.2 Å². The zero-order valence-electron chi connectivity index (χ0n) is 14.0. The van der Waals surface area contributed by atoms with Gasteiger partial charge < -0.3 is 10.6 Å². The van der Waals surface area contributed by atoms with Crippen molar-refractivity contribution in [1.29, 1.82) is 0 Å². The van der Waals surface area contributed by atoms with Gasteiger partial charge >= 0.3 is 0 Å². The number of rotatable bonds is 5. The van der Waals surface area contributed by atoms with Crippen molar-refractivity contribution in [3.8, 4) is 0 Å².